The summed E-state index contributed by atoms with van der Waals surface area (Å²) in [6.45, 7) is 0. The Balaban J connectivity index is 1.88. The second-order valence-electron chi connectivity index (χ2n) is 5.59. The molecule has 4 heteroatoms. The summed E-state index contributed by atoms with van der Waals surface area (Å²) in [5.74, 6) is 0. The van der Waals surface area contributed by atoms with Gasteiger partial charge in [0.1, 0.15) is 4.87 Å². The number of dihydropyridines is 1. The molecular weight excluding hydrogens is 332 g/mol. The van der Waals surface area contributed by atoms with Crippen molar-refractivity contribution < 1.29 is 0 Å². The Morgan fingerprint density at radius 2 is 1.33 bits per heavy atom. The molecule has 0 amide bonds. The number of benzene rings is 2. The highest BCUT2D eigenvalue weighted by Gasteiger charge is 2.43. The molecule has 0 aliphatic carbocycles. The number of thioether (sulfide) groups is 1. The van der Waals surface area contributed by atoms with Gasteiger partial charge < -0.3 is 10.6 Å². The molecule has 24 heavy (non-hydrogen) atoms. The number of thiocarbonyl (C=S) groups is 1. The number of hydrogen-bond acceptors (Lipinski definition) is 4. The van der Waals surface area contributed by atoms with Crippen LogP contribution in [0.25, 0.3) is 0 Å². The molecule has 2 aliphatic heterocycles. The summed E-state index contributed by atoms with van der Waals surface area (Å²) in [6.07, 6.45) is 7.92. The van der Waals surface area contributed by atoms with Crippen LogP contribution in [-0.2, 0) is 4.87 Å². The fourth-order valence-corrected chi connectivity index (χ4v) is 4.71. The third kappa shape index (κ3) is 2.58. The molecule has 2 N–H and O–H groups in total. The molecule has 0 radical (unpaired) electrons. The third-order valence-corrected chi connectivity index (χ3v) is 5.84. The van der Waals surface area contributed by atoms with E-state index in [1.54, 1.807) is 11.8 Å². The number of rotatable bonds is 2. The molecule has 0 atom stereocenters. The Labute approximate surface area is 151 Å². The number of allylic oxidation sites excluding steroid dienone is 3. The van der Waals surface area contributed by atoms with Gasteiger partial charge in [-0.25, -0.2) is 0 Å². The lowest BCUT2D eigenvalue weighted by molar-refractivity contribution is 0.662. The smallest absolute Gasteiger partial charge is 0.141 e. The summed E-state index contributed by atoms with van der Waals surface area (Å²) in [4.78, 5) is -0.394. The predicted molar refractivity (Wildman–Crippen MR) is 105 cm³/mol. The molecule has 1 saturated heterocycles. The van der Waals surface area contributed by atoms with Gasteiger partial charge in [0, 0.05) is 18.0 Å². The highest BCUT2D eigenvalue weighted by Crippen LogP contribution is 2.48. The van der Waals surface area contributed by atoms with Crippen molar-refractivity contribution in [2.24, 2.45) is 0 Å². The quantitative estimate of drug-likeness (QED) is 0.619. The summed E-state index contributed by atoms with van der Waals surface area (Å²) in [5.41, 5.74) is 4.50. The minimum absolute atomic E-state index is 0.394. The first-order valence-electron chi connectivity index (χ1n) is 7.76. The van der Waals surface area contributed by atoms with Gasteiger partial charge >= 0.3 is 0 Å². The fraction of sp³-hybridized carbons (Fsp3) is 0.0500. The summed E-state index contributed by atoms with van der Waals surface area (Å²) in [5, 5.41) is 6.79. The molecule has 2 nitrogen and oxygen atoms in total. The third-order valence-electron chi connectivity index (χ3n) is 4.12. The van der Waals surface area contributed by atoms with Crippen LogP contribution in [0.2, 0.25) is 0 Å². The maximum atomic E-state index is 5.72. The average molecular weight is 348 g/mol. The van der Waals surface area contributed by atoms with Crippen molar-refractivity contribution in [1.29, 1.82) is 0 Å². The SMILES string of the molecule is S=C1SC(c2ccccc2)(c2ccccc2)NC1=C1C=CNC=C1. The second kappa shape index (κ2) is 6.30. The van der Waals surface area contributed by atoms with Gasteiger partial charge in [-0.15, -0.1) is 0 Å². The maximum absolute atomic E-state index is 5.72. The van der Waals surface area contributed by atoms with Crippen LogP contribution in [0.15, 0.2) is 96.5 Å². The highest BCUT2D eigenvalue weighted by molar-refractivity contribution is 8.24. The molecule has 2 aliphatic rings. The Bertz CT molecular complexity index is 798. The zero-order valence-electron chi connectivity index (χ0n) is 12.9. The van der Waals surface area contributed by atoms with E-state index in [0.29, 0.717) is 0 Å². The van der Waals surface area contributed by atoms with E-state index in [0.717, 1.165) is 15.5 Å². The van der Waals surface area contributed by atoms with Gasteiger partial charge in [-0.2, -0.15) is 0 Å². The van der Waals surface area contributed by atoms with Crippen LogP contribution in [-0.4, -0.2) is 4.20 Å². The molecule has 2 aromatic rings. The van der Waals surface area contributed by atoms with Gasteiger partial charge in [-0.05, 0) is 23.3 Å². The molecule has 2 heterocycles. The van der Waals surface area contributed by atoms with Crippen LogP contribution >= 0.6 is 24.0 Å². The Morgan fingerprint density at radius 1 is 0.792 bits per heavy atom. The first-order valence-corrected chi connectivity index (χ1v) is 8.98. The lowest BCUT2D eigenvalue weighted by Crippen LogP contribution is -2.35. The maximum Gasteiger partial charge on any atom is 0.141 e. The van der Waals surface area contributed by atoms with E-state index in [1.807, 2.05) is 36.7 Å². The van der Waals surface area contributed by atoms with Crippen LogP contribution < -0.4 is 10.6 Å². The molecular formula is C20H16N2S2. The zero-order chi connectivity index (χ0) is 16.4. The van der Waals surface area contributed by atoms with E-state index in [-0.39, 0.29) is 0 Å². The van der Waals surface area contributed by atoms with Crippen molar-refractivity contribution in [3.8, 4) is 0 Å². The molecule has 0 spiro atoms. The summed E-state index contributed by atoms with van der Waals surface area (Å²) in [7, 11) is 0. The van der Waals surface area contributed by atoms with E-state index >= 15 is 0 Å². The van der Waals surface area contributed by atoms with Crippen molar-refractivity contribution in [3.63, 3.8) is 0 Å². The first-order chi connectivity index (χ1) is 11.8. The topological polar surface area (TPSA) is 24.1 Å². The molecule has 0 bridgehead atoms. The van der Waals surface area contributed by atoms with Crippen molar-refractivity contribution in [2.45, 2.75) is 4.87 Å². The average Bonchev–Trinajstić information content (AvgIpc) is 3.03. The Kier molecular flexibility index (Phi) is 4.00. The Hall–Kier alpha value is -2.30. The molecule has 2 aromatic carbocycles. The van der Waals surface area contributed by atoms with E-state index in [4.69, 9.17) is 12.2 Å². The van der Waals surface area contributed by atoms with Crippen molar-refractivity contribution >= 4 is 28.2 Å². The van der Waals surface area contributed by atoms with Crippen LogP contribution in [0, 0.1) is 0 Å². The van der Waals surface area contributed by atoms with Crippen LogP contribution in [0.3, 0.4) is 0 Å². The molecule has 118 valence electrons. The molecule has 1 fully saturated rings. The minimum atomic E-state index is -0.394. The van der Waals surface area contributed by atoms with Crippen LogP contribution in [0.5, 0.6) is 0 Å². The second-order valence-corrected chi connectivity index (χ2v) is 7.48. The largest absolute Gasteiger partial charge is 0.368 e. The van der Waals surface area contributed by atoms with E-state index in [2.05, 4.69) is 59.2 Å². The van der Waals surface area contributed by atoms with Gasteiger partial charge in [0.25, 0.3) is 0 Å². The van der Waals surface area contributed by atoms with Crippen molar-refractivity contribution in [1.82, 2.24) is 10.6 Å². The summed E-state index contributed by atoms with van der Waals surface area (Å²) >= 11 is 7.42. The van der Waals surface area contributed by atoms with Crippen LogP contribution in [0.4, 0.5) is 0 Å². The standard InChI is InChI=1S/C20H16N2S2/c23-19-18(15-11-13-21-14-12-15)22-20(24-19,16-7-3-1-4-8-16)17-9-5-2-6-10-17/h1-14,21-22H. The lowest BCUT2D eigenvalue weighted by Gasteiger charge is -2.30. The van der Waals surface area contributed by atoms with E-state index < -0.39 is 4.87 Å². The minimum Gasteiger partial charge on any atom is -0.368 e. The summed E-state index contributed by atoms with van der Waals surface area (Å²) < 4.78 is 0.883. The van der Waals surface area contributed by atoms with Gasteiger partial charge in [-0.3, -0.25) is 0 Å². The van der Waals surface area contributed by atoms with Gasteiger partial charge in [0.2, 0.25) is 0 Å². The summed E-state index contributed by atoms with van der Waals surface area (Å²) in [6, 6.07) is 21.0. The van der Waals surface area contributed by atoms with Crippen molar-refractivity contribution in [2.75, 3.05) is 0 Å². The predicted octanol–water partition coefficient (Wildman–Crippen LogP) is 4.44. The molecule has 0 unspecified atom stereocenters. The Morgan fingerprint density at radius 3 is 1.88 bits per heavy atom. The highest BCUT2D eigenvalue weighted by atomic mass is 32.2. The van der Waals surface area contributed by atoms with Crippen LogP contribution in [0.1, 0.15) is 11.1 Å². The molecule has 0 aromatic heterocycles. The normalized spacial score (nSPS) is 18.4. The lowest BCUT2D eigenvalue weighted by atomic mass is 9.97. The van der Waals surface area contributed by atoms with Crippen molar-refractivity contribution in [3.05, 3.63) is 108 Å². The van der Waals surface area contributed by atoms with Gasteiger partial charge in [-0.1, -0.05) is 84.6 Å². The number of hydrogen-bond donors (Lipinski definition) is 2. The number of nitrogens with one attached hydrogen (secondary N) is 2. The fourth-order valence-electron chi connectivity index (χ4n) is 2.96. The van der Waals surface area contributed by atoms with E-state index in [1.165, 1.54) is 11.1 Å². The van der Waals surface area contributed by atoms with Gasteiger partial charge in [0.05, 0.1) is 9.89 Å². The first kappa shape index (κ1) is 15.2. The zero-order valence-corrected chi connectivity index (χ0v) is 14.5. The van der Waals surface area contributed by atoms with Gasteiger partial charge in [0.15, 0.2) is 0 Å². The molecule has 4 rings (SSSR count). The molecule has 0 saturated carbocycles. The monoisotopic (exact) mass is 348 g/mol. The van der Waals surface area contributed by atoms with E-state index in [9.17, 15) is 0 Å².